The lowest BCUT2D eigenvalue weighted by molar-refractivity contribution is -0.123. The number of amides is 2. The van der Waals surface area contributed by atoms with Gasteiger partial charge in [-0.3, -0.25) is 9.69 Å². The number of hydrogen-bond acceptors (Lipinski definition) is 3. The van der Waals surface area contributed by atoms with Crippen LogP contribution in [0, 0.1) is 0 Å². The van der Waals surface area contributed by atoms with E-state index in [0.29, 0.717) is 13.2 Å². The summed E-state index contributed by atoms with van der Waals surface area (Å²) < 4.78 is 4.89. The van der Waals surface area contributed by atoms with Crippen molar-refractivity contribution >= 4 is 12.0 Å². The number of ether oxygens (including phenoxy) is 1. The normalized spacial score (nSPS) is 16.7. The maximum atomic E-state index is 11.9. The molecule has 1 aliphatic heterocycles. The second kappa shape index (κ2) is 6.22. The van der Waals surface area contributed by atoms with E-state index in [9.17, 15) is 9.59 Å². The van der Waals surface area contributed by atoms with Crippen molar-refractivity contribution in [3.05, 3.63) is 35.9 Å². The van der Waals surface area contributed by atoms with Crippen molar-refractivity contribution in [2.45, 2.75) is 19.4 Å². The average molecular weight is 262 g/mol. The average Bonchev–Trinajstić information content (AvgIpc) is 2.42. The molecular formula is C14H18N2O3. The van der Waals surface area contributed by atoms with Gasteiger partial charge in [-0.2, -0.15) is 0 Å². The molecule has 0 bridgehead atoms. The second-order valence-corrected chi connectivity index (χ2v) is 4.59. The maximum absolute atomic E-state index is 11.9. The van der Waals surface area contributed by atoms with Crippen LogP contribution in [-0.2, 0) is 9.53 Å². The molecule has 1 unspecified atom stereocenters. The summed E-state index contributed by atoms with van der Waals surface area (Å²) in [5, 5.41) is 2.88. The van der Waals surface area contributed by atoms with Gasteiger partial charge in [-0.25, -0.2) is 4.79 Å². The lowest BCUT2D eigenvalue weighted by Gasteiger charge is -2.26. The van der Waals surface area contributed by atoms with Crippen molar-refractivity contribution < 1.29 is 14.3 Å². The highest BCUT2D eigenvalue weighted by Gasteiger charge is 2.22. The molecule has 0 radical (unpaired) electrons. The summed E-state index contributed by atoms with van der Waals surface area (Å²) in [6.07, 6.45) is 0.363. The van der Waals surface area contributed by atoms with Crippen LogP contribution in [0.15, 0.2) is 30.3 Å². The van der Waals surface area contributed by atoms with Crippen LogP contribution in [0.25, 0.3) is 0 Å². The zero-order valence-electron chi connectivity index (χ0n) is 11.0. The summed E-state index contributed by atoms with van der Waals surface area (Å²) in [6, 6.07) is 9.64. The molecule has 1 heterocycles. The van der Waals surface area contributed by atoms with Gasteiger partial charge in [0, 0.05) is 6.54 Å². The predicted octanol–water partition coefficient (Wildman–Crippen LogP) is 1.71. The third-order valence-electron chi connectivity index (χ3n) is 3.07. The first-order chi connectivity index (χ1) is 9.16. The minimum absolute atomic E-state index is 0.0516. The van der Waals surface area contributed by atoms with Crippen molar-refractivity contribution in [2.75, 3.05) is 19.7 Å². The molecule has 5 nitrogen and oxygen atoms in total. The van der Waals surface area contributed by atoms with Crippen LogP contribution in [0.1, 0.15) is 24.9 Å². The number of cyclic esters (lactones) is 1. The minimum atomic E-state index is -0.409. The first-order valence-corrected chi connectivity index (χ1v) is 6.43. The van der Waals surface area contributed by atoms with Gasteiger partial charge in [-0.05, 0) is 18.9 Å². The van der Waals surface area contributed by atoms with E-state index in [1.807, 2.05) is 37.3 Å². The highest BCUT2D eigenvalue weighted by Crippen LogP contribution is 2.11. The zero-order chi connectivity index (χ0) is 13.7. The van der Waals surface area contributed by atoms with E-state index in [4.69, 9.17) is 4.74 Å². The van der Waals surface area contributed by atoms with E-state index in [1.54, 1.807) is 0 Å². The van der Waals surface area contributed by atoms with Crippen LogP contribution >= 0.6 is 0 Å². The van der Waals surface area contributed by atoms with Gasteiger partial charge in [0.2, 0.25) is 5.91 Å². The first kappa shape index (κ1) is 13.4. The number of benzene rings is 1. The molecule has 19 heavy (non-hydrogen) atoms. The van der Waals surface area contributed by atoms with Gasteiger partial charge < -0.3 is 10.1 Å². The molecule has 0 aromatic heterocycles. The maximum Gasteiger partial charge on any atom is 0.410 e. The molecule has 0 aliphatic carbocycles. The Morgan fingerprint density at radius 1 is 1.42 bits per heavy atom. The molecule has 102 valence electrons. The molecule has 1 aromatic rings. The van der Waals surface area contributed by atoms with Crippen molar-refractivity contribution in [1.82, 2.24) is 10.2 Å². The fraction of sp³-hybridized carbons (Fsp3) is 0.429. The highest BCUT2D eigenvalue weighted by molar-refractivity contribution is 5.82. The topological polar surface area (TPSA) is 58.6 Å². The van der Waals surface area contributed by atoms with E-state index in [0.717, 1.165) is 12.0 Å². The number of hydrogen-bond donors (Lipinski definition) is 1. The van der Waals surface area contributed by atoms with Crippen LogP contribution in [0.4, 0.5) is 4.79 Å². The van der Waals surface area contributed by atoms with Crippen molar-refractivity contribution in [3.63, 3.8) is 0 Å². The van der Waals surface area contributed by atoms with E-state index in [2.05, 4.69) is 5.32 Å². The van der Waals surface area contributed by atoms with Gasteiger partial charge in [0.05, 0.1) is 12.6 Å². The fourth-order valence-corrected chi connectivity index (χ4v) is 2.03. The van der Waals surface area contributed by atoms with Gasteiger partial charge in [0.15, 0.2) is 0 Å². The highest BCUT2D eigenvalue weighted by atomic mass is 16.6. The van der Waals surface area contributed by atoms with Crippen molar-refractivity contribution in [1.29, 1.82) is 0 Å². The van der Waals surface area contributed by atoms with Gasteiger partial charge in [0.25, 0.3) is 0 Å². The molecule has 1 aromatic carbocycles. The molecule has 1 N–H and O–H groups in total. The molecule has 0 saturated carbocycles. The second-order valence-electron chi connectivity index (χ2n) is 4.59. The largest absolute Gasteiger partial charge is 0.449 e. The van der Waals surface area contributed by atoms with Gasteiger partial charge in [-0.15, -0.1) is 0 Å². The molecule has 1 saturated heterocycles. The van der Waals surface area contributed by atoms with Gasteiger partial charge >= 0.3 is 6.09 Å². The number of nitrogens with zero attached hydrogens (tertiary/aromatic N) is 1. The van der Waals surface area contributed by atoms with E-state index >= 15 is 0 Å². The zero-order valence-corrected chi connectivity index (χ0v) is 11.0. The molecular weight excluding hydrogens is 244 g/mol. The smallest absolute Gasteiger partial charge is 0.410 e. The predicted molar refractivity (Wildman–Crippen MR) is 70.5 cm³/mol. The van der Waals surface area contributed by atoms with E-state index in [1.165, 1.54) is 4.90 Å². The lowest BCUT2D eigenvalue weighted by Crippen LogP contribution is -2.44. The molecule has 1 atom stereocenters. The van der Waals surface area contributed by atoms with Crippen LogP contribution in [0.3, 0.4) is 0 Å². The van der Waals surface area contributed by atoms with Crippen LogP contribution in [0.5, 0.6) is 0 Å². The summed E-state index contributed by atoms with van der Waals surface area (Å²) in [4.78, 5) is 24.7. The Bertz CT molecular complexity index is 447. The number of carbonyl (C=O) groups excluding carboxylic acids is 2. The standard InChI is InChI=1S/C14H18N2O3/c1-11(12-6-3-2-4-7-12)15-13(17)10-16-8-5-9-19-14(16)18/h2-4,6-7,11H,5,8-10H2,1H3,(H,15,17). The van der Waals surface area contributed by atoms with Crippen LogP contribution in [-0.4, -0.2) is 36.6 Å². The Kier molecular flexibility index (Phi) is 4.39. The summed E-state index contributed by atoms with van der Waals surface area (Å²) >= 11 is 0. The SMILES string of the molecule is CC(NC(=O)CN1CCCOC1=O)c1ccccc1. The number of nitrogens with one attached hydrogen (secondary N) is 1. The summed E-state index contributed by atoms with van der Waals surface area (Å²) in [5.74, 6) is -0.171. The molecule has 5 heteroatoms. The number of rotatable bonds is 4. The molecule has 2 rings (SSSR count). The van der Waals surface area contributed by atoms with Crippen LogP contribution < -0.4 is 5.32 Å². The Morgan fingerprint density at radius 2 is 2.16 bits per heavy atom. The first-order valence-electron chi connectivity index (χ1n) is 6.43. The van der Waals surface area contributed by atoms with Gasteiger partial charge in [-0.1, -0.05) is 30.3 Å². The Labute approximate surface area is 112 Å². The quantitative estimate of drug-likeness (QED) is 0.898. The third kappa shape index (κ3) is 3.71. The Hall–Kier alpha value is -2.04. The summed E-state index contributed by atoms with van der Waals surface area (Å²) in [7, 11) is 0. The third-order valence-corrected chi connectivity index (χ3v) is 3.07. The van der Waals surface area contributed by atoms with E-state index < -0.39 is 6.09 Å². The Morgan fingerprint density at radius 3 is 2.84 bits per heavy atom. The summed E-state index contributed by atoms with van der Waals surface area (Å²) in [6.45, 7) is 2.99. The summed E-state index contributed by atoms with van der Waals surface area (Å²) in [5.41, 5.74) is 1.04. The molecule has 2 amide bonds. The van der Waals surface area contributed by atoms with Gasteiger partial charge in [0.1, 0.15) is 6.54 Å². The fourth-order valence-electron chi connectivity index (χ4n) is 2.03. The lowest BCUT2D eigenvalue weighted by atomic mass is 10.1. The molecule has 1 aliphatic rings. The molecule has 1 fully saturated rings. The number of carbonyl (C=O) groups is 2. The Balaban J connectivity index is 1.85. The minimum Gasteiger partial charge on any atom is -0.449 e. The van der Waals surface area contributed by atoms with Crippen LogP contribution in [0.2, 0.25) is 0 Å². The monoisotopic (exact) mass is 262 g/mol. The van der Waals surface area contributed by atoms with Crippen molar-refractivity contribution in [3.8, 4) is 0 Å². The van der Waals surface area contributed by atoms with E-state index in [-0.39, 0.29) is 18.5 Å². The molecule has 0 spiro atoms. The van der Waals surface area contributed by atoms with Crippen molar-refractivity contribution in [2.24, 2.45) is 0 Å².